The number of rotatable bonds is 5. The van der Waals surface area contributed by atoms with Crippen LogP contribution in [0.1, 0.15) is 60.9 Å². The molecular formula is C26H34N2O4. The molecule has 1 aromatic rings. The monoisotopic (exact) mass is 438 g/mol. The number of carbonyl (C=O) groups is 2. The van der Waals surface area contributed by atoms with Gasteiger partial charge in [0.05, 0.1) is 25.9 Å². The minimum Gasteiger partial charge on any atom is -0.376 e. The Morgan fingerprint density at radius 3 is 2.53 bits per heavy atom. The highest BCUT2D eigenvalue weighted by Crippen LogP contribution is 2.61. The molecule has 2 heterocycles. The Morgan fingerprint density at radius 2 is 1.84 bits per heavy atom. The first-order valence-corrected chi connectivity index (χ1v) is 12.5. The maximum atomic E-state index is 13.2. The molecule has 32 heavy (non-hydrogen) atoms. The van der Waals surface area contributed by atoms with Crippen molar-refractivity contribution >= 4 is 17.5 Å². The predicted octanol–water partition coefficient (Wildman–Crippen LogP) is 3.65. The summed E-state index contributed by atoms with van der Waals surface area (Å²) in [6.45, 7) is 2.95. The van der Waals surface area contributed by atoms with E-state index >= 15 is 0 Å². The highest BCUT2D eigenvalue weighted by atomic mass is 16.6. The molecule has 1 unspecified atom stereocenters. The van der Waals surface area contributed by atoms with Gasteiger partial charge in [0.1, 0.15) is 0 Å². The second-order valence-electron chi connectivity index (χ2n) is 11.0. The van der Waals surface area contributed by atoms with Crippen molar-refractivity contribution in [2.24, 2.45) is 23.2 Å². The molecule has 6 heteroatoms. The predicted molar refractivity (Wildman–Crippen MR) is 120 cm³/mol. The van der Waals surface area contributed by atoms with Gasteiger partial charge in [0, 0.05) is 30.8 Å². The van der Waals surface area contributed by atoms with Gasteiger partial charge < -0.3 is 19.7 Å². The molecular weight excluding hydrogens is 404 g/mol. The summed E-state index contributed by atoms with van der Waals surface area (Å²) in [6, 6.07) is 5.73. The van der Waals surface area contributed by atoms with Crippen molar-refractivity contribution in [3.05, 3.63) is 29.3 Å². The van der Waals surface area contributed by atoms with Gasteiger partial charge in [0.15, 0.2) is 0 Å². The van der Waals surface area contributed by atoms with Gasteiger partial charge >= 0.3 is 0 Å². The fourth-order valence-electron chi connectivity index (χ4n) is 7.80. The van der Waals surface area contributed by atoms with Crippen LogP contribution in [-0.4, -0.2) is 55.7 Å². The zero-order valence-corrected chi connectivity index (χ0v) is 18.8. The highest BCUT2D eigenvalue weighted by Gasteiger charge is 2.51. The number of amides is 2. The van der Waals surface area contributed by atoms with Crippen molar-refractivity contribution in [1.29, 1.82) is 0 Å². The second kappa shape index (κ2) is 8.14. The molecule has 0 radical (unpaired) electrons. The average Bonchev–Trinajstić information content (AvgIpc) is 2.75. The Bertz CT molecular complexity index is 872. The van der Waals surface area contributed by atoms with E-state index in [1.54, 1.807) is 0 Å². The number of fused-ring (bicyclic) bond motifs is 1. The molecule has 5 fully saturated rings. The second-order valence-corrected chi connectivity index (χ2v) is 11.0. The Balaban J connectivity index is 1.13. The smallest absolute Gasteiger partial charge is 0.254 e. The Hall–Kier alpha value is -1.92. The van der Waals surface area contributed by atoms with Gasteiger partial charge in [-0.15, -0.1) is 0 Å². The number of hydrogen-bond acceptors (Lipinski definition) is 4. The van der Waals surface area contributed by atoms with E-state index < -0.39 is 0 Å². The molecule has 1 atom stereocenters. The summed E-state index contributed by atoms with van der Waals surface area (Å²) in [7, 11) is 0. The summed E-state index contributed by atoms with van der Waals surface area (Å²) in [5.41, 5.74) is 2.74. The topological polar surface area (TPSA) is 67.9 Å². The van der Waals surface area contributed by atoms with Gasteiger partial charge in [-0.25, -0.2) is 0 Å². The van der Waals surface area contributed by atoms with Gasteiger partial charge in [-0.3, -0.25) is 9.59 Å². The van der Waals surface area contributed by atoms with Crippen LogP contribution in [0.2, 0.25) is 0 Å². The first-order chi connectivity index (χ1) is 15.6. The maximum Gasteiger partial charge on any atom is 0.254 e. The van der Waals surface area contributed by atoms with Gasteiger partial charge in [0.2, 0.25) is 5.91 Å². The van der Waals surface area contributed by atoms with Crippen molar-refractivity contribution < 1.29 is 19.1 Å². The van der Waals surface area contributed by atoms with E-state index in [1.807, 2.05) is 23.1 Å². The minimum absolute atomic E-state index is 0.0256. The van der Waals surface area contributed by atoms with Crippen LogP contribution in [0, 0.1) is 23.2 Å². The third-order valence-electron chi connectivity index (χ3n) is 8.61. The van der Waals surface area contributed by atoms with Gasteiger partial charge in [0.25, 0.3) is 5.91 Å². The van der Waals surface area contributed by atoms with Crippen LogP contribution in [0.4, 0.5) is 5.69 Å². The fourth-order valence-corrected chi connectivity index (χ4v) is 7.80. The summed E-state index contributed by atoms with van der Waals surface area (Å²) in [4.78, 5) is 28.2. The molecule has 4 saturated carbocycles. The van der Waals surface area contributed by atoms with E-state index in [4.69, 9.17) is 9.47 Å². The molecule has 2 amide bonds. The van der Waals surface area contributed by atoms with Crippen LogP contribution in [0.15, 0.2) is 18.2 Å². The first kappa shape index (κ1) is 20.7. The summed E-state index contributed by atoms with van der Waals surface area (Å²) >= 11 is 0. The largest absolute Gasteiger partial charge is 0.376 e. The lowest BCUT2D eigenvalue weighted by Gasteiger charge is -2.56. The van der Waals surface area contributed by atoms with Gasteiger partial charge in [-0.05, 0) is 85.8 Å². The van der Waals surface area contributed by atoms with Crippen molar-refractivity contribution in [3.63, 3.8) is 0 Å². The molecule has 0 spiro atoms. The lowest BCUT2D eigenvalue weighted by molar-refractivity contribution is -0.124. The van der Waals surface area contributed by atoms with Crippen LogP contribution in [0.25, 0.3) is 0 Å². The number of nitrogens with zero attached hydrogens (tertiary/aromatic N) is 1. The first-order valence-electron chi connectivity index (χ1n) is 12.5. The number of anilines is 1. The summed E-state index contributed by atoms with van der Waals surface area (Å²) in [6.07, 6.45) is 9.22. The molecule has 172 valence electrons. The number of carbonyl (C=O) groups excluding carboxylic acids is 2. The van der Waals surface area contributed by atoms with Crippen LogP contribution in [0.3, 0.4) is 0 Å². The summed E-state index contributed by atoms with van der Waals surface area (Å²) in [5.74, 6) is 2.70. The highest BCUT2D eigenvalue weighted by molar-refractivity contribution is 6.00. The number of ether oxygens (including phenoxy) is 2. The molecule has 0 aromatic heterocycles. The molecule has 1 saturated heterocycles. The quantitative estimate of drug-likeness (QED) is 0.762. The van der Waals surface area contributed by atoms with E-state index in [0.717, 1.165) is 35.4 Å². The molecule has 7 rings (SSSR count). The van der Waals surface area contributed by atoms with Gasteiger partial charge in [-0.2, -0.15) is 0 Å². The molecule has 1 aromatic carbocycles. The molecule has 2 aliphatic heterocycles. The zero-order valence-electron chi connectivity index (χ0n) is 18.8. The van der Waals surface area contributed by atoms with Crippen LogP contribution >= 0.6 is 0 Å². The van der Waals surface area contributed by atoms with Gasteiger partial charge in [-0.1, -0.05) is 6.07 Å². The van der Waals surface area contributed by atoms with Crippen molar-refractivity contribution in [1.82, 2.24) is 4.90 Å². The van der Waals surface area contributed by atoms with Crippen molar-refractivity contribution in [2.75, 3.05) is 38.2 Å². The molecule has 1 N–H and O–H groups in total. The van der Waals surface area contributed by atoms with E-state index in [0.29, 0.717) is 44.9 Å². The Labute approximate surface area is 190 Å². The number of benzene rings is 1. The fraction of sp³-hybridized carbons (Fsp3) is 0.692. The summed E-state index contributed by atoms with van der Waals surface area (Å²) in [5, 5.41) is 3.21. The molecule has 4 bridgehead atoms. The Morgan fingerprint density at radius 1 is 1.09 bits per heavy atom. The average molecular weight is 439 g/mol. The van der Waals surface area contributed by atoms with E-state index in [-0.39, 0.29) is 23.3 Å². The van der Waals surface area contributed by atoms with E-state index in [9.17, 15) is 9.59 Å². The number of nitrogens with one attached hydrogen (secondary N) is 1. The van der Waals surface area contributed by atoms with Crippen molar-refractivity contribution in [3.8, 4) is 0 Å². The van der Waals surface area contributed by atoms with E-state index in [1.165, 1.54) is 38.5 Å². The third kappa shape index (κ3) is 3.86. The molecule has 4 aliphatic carbocycles. The van der Waals surface area contributed by atoms with Crippen molar-refractivity contribution in [2.45, 2.75) is 57.5 Å². The maximum absolute atomic E-state index is 13.2. The van der Waals surface area contributed by atoms with E-state index in [2.05, 4.69) is 5.32 Å². The minimum atomic E-state index is -0.0579. The molecule has 6 nitrogen and oxygen atoms in total. The standard InChI is InChI=1S/C26H34N2O4/c29-24(14-26-11-17-8-18(12-26)10-19(9-17)13-26)27-23-3-1-2-22-21(23)4-5-28(25(22)30)15-20-16-31-6-7-32-20/h1-3,17-20H,4-16H2,(H,27,29). The van der Waals surface area contributed by atoms with Crippen LogP contribution in [0.5, 0.6) is 0 Å². The normalized spacial score (nSPS) is 35.6. The van der Waals surface area contributed by atoms with Crippen LogP contribution < -0.4 is 5.32 Å². The number of hydrogen-bond donors (Lipinski definition) is 1. The Kier molecular flexibility index (Phi) is 5.26. The zero-order chi connectivity index (χ0) is 21.7. The lowest BCUT2D eigenvalue weighted by Crippen LogP contribution is -2.47. The lowest BCUT2D eigenvalue weighted by atomic mass is 9.49. The third-order valence-corrected chi connectivity index (χ3v) is 8.61. The SMILES string of the molecule is O=C(CC12CC3CC(CC(C3)C1)C2)Nc1cccc2c1CCN(CC1COCCO1)C2=O. The molecule has 6 aliphatic rings. The summed E-state index contributed by atoms with van der Waals surface area (Å²) < 4.78 is 11.2. The van der Waals surface area contributed by atoms with Crippen LogP contribution in [-0.2, 0) is 20.7 Å².